The third-order valence-electron chi connectivity index (χ3n) is 3.18. The fourth-order valence-electron chi connectivity index (χ4n) is 2.16. The molecule has 0 radical (unpaired) electrons. The molecule has 1 heterocycles. The predicted molar refractivity (Wildman–Crippen MR) is 73.8 cm³/mol. The van der Waals surface area contributed by atoms with Gasteiger partial charge in [0.1, 0.15) is 12.4 Å². The highest BCUT2D eigenvalue weighted by atomic mass is 15.1. The van der Waals surface area contributed by atoms with E-state index < -0.39 is 0 Å². The Morgan fingerprint density at radius 1 is 1.18 bits per heavy atom. The van der Waals surface area contributed by atoms with Crippen LogP contribution in [-0.2, 0) is 13.0 Å². The molecule has 0 aliphatic carbocycles. The molecular formula is C15H27N2+. The Balaban J connectivity index is 2.44. The summed E-state index contributed by atoms with van der Waals surface area (Å²) in [4.78, 5) is 0. The lowest BCUT2D eigenvalue weighted by molar-refractivity contribution is -0.700. The molecule has 0 amide bonds. The van der Waals surface area contributed by atoms with E-state index in [0.29, 0.717) is 0 Å². The van der Waals surface area contributed by atoms with Crippen LogP contribution in [0.15, 0.2) is 18.5 Å². The number of unbranched alkanes of at least 4 members (excludes halogenated alkanes) is 4. The lowest BCUT2D eigenvalue weighted by atomic mass is 10.1. The molecule has 0 saturated carbocycles. The second-order valence-corrected chi connectivity index (χ2v) is 4.50. The van der Waals surface area contributed by atoms with Crippen molar-refractivity contribution in [3.8, 4) is 0 Å². The van der Waals surface area contributed by atoms with Crippen LogP contribution in [0.3, 0.4) is 0 Å². The van der Waals surface area contributed by atoms with Gasteiger partial charge in [0.2, 0.25) is 0 Å². The summed E-state index contributed by atoms with van der Waals surface area (Å²) in [7, 11) is 0. The van der Waals surface area contributed by atoms with Crippen LogP contribution >= 0.6 is 0 Å². The number of imidazole rings is 1. The van der Waals surface area contributed by atoms with E-state index in [1.54, 1.807) is 0 Å². The highest BCUT2D eigenvalue weighted by Gasteiger charge is 2.10. The van der Waals surface area contributed by atoms with Crippen LogP contribution in [0.1, 0.15) is 58.7 Å². The third-order valence-corrected chi connectivity index (χ3v) is 3.18. The summed E-state index contributed by atoms with van der Waals surface area (Å²) in [5, 5.41) is 0. The normalized spacial score (nSPS) is 11.5. The average molecular weight is 235 g/mol. The van der Waals surface area contributed by atoms with Gasteiger partial charge in [0, 0.05) is 6.42 Å². The summed E-state index contributed by atoms with van der Waals surface area (Å²) in [5.74, 6) is 1.39. The first kappa shape index (κ1) is 14.0. The number of allylic oxidation sites excluding steroid dienone is 1. The number of nitrogens with zero attached hydrogens (tertiary/aromatic N) is 2. The van der Waals surface area contributed by atoms with Crippen LogP contribution in [-0.4, -0.2) is 4.57 Å². The van der Waals surface area contributed by atoms with Crippen molar-refractivity contribution in [3.05, 3.63) is 24.3 Å². The molecule has 1 aromatic heterocycles. The smallest absolute Gasteiger partial charge is 0.234 e. The van der Waals surface area contributed by atoms with Gasteiger partial charge in [-0.1, -0.05) is 33.1 Å². The van der Waals surface area contributed by atoms with Crippen molar-refractivity contribution in [2.24, 2.45) is 0 Å². The van der Waals surface area contributed by atoms with Crippen molar-refractivity contribution in [1.82, 2.24) is 4.57 Å². The monoisotopic (exact) mass is 235 g/mol. The predicted octanol–water partition coefficient (Wildman–Crippen LogP) is 3.80. The first-order valence-corrected chi connectivity index (χ1v) is 7.09. The maximum absolute atomic E-state index is 2.31. The second kappa shape index (κ2) is 8.10. The molecular weight excluding hydrogens is 208 g/mol. The maximum Gasteiger partial charge on any atom is 0.260 e. The van der Waals surface area contributed by atoms with Crippen LogP contribution in [0.5, 0.6) is 0 Å². The van der Waals surface area contributed by atoms with Gasteiger partial charge >= 0.3 is 0 Å². The first-order valence-electron chi connectivity index (χ1n) is 7.09. The maximum atomic E-state index is 2.31. The molecule has 1 aromatic rings. The minimum atomic E-state index is 1.06. The standard InChI is InChI=1S/C15H27N2/c1-4-7-8-9-10-11-12-17-14-13-16(6-3)15(17)5-2/h11-14H,4-10H2,1-3H3/q+1. The molecule has 0 spiro atoms. The van der Waals surface area contributed by atoms with Gasteiger partial charge in [0.25, 0.3) is 5.82 Å². The van der Waals surface area contributed by atoms with Gasteiger partial charge in [0.05, 0.1) is 12.7 Å². The molecule has 1 rings (SSSR count). The van der Waals surface area contributed by atoms with Gasteiger partial charge in [0.15, 0.2) is 0 Å². The molecule has 0 N–H and O–H groups in total. The Hall–Kier alpha value is -1.05. The van der Waals surface area contributed by atoms with Crippen molar-refractivity contribution in [3.63, 3.8) is 0 Å². The highest BCUT2D eigenvalue weighted by Crippen LogP contribution is 2.04. The molecule has 0 aliphatic rings. The van der Waals surface area contributed by atoms with E-state index in [1.807, 2.05) is 0 Å². The Labute approximate surface area is 106 Å². The third kappa shape index (κ3) is 4.37. The van der Waals surface area contributed by atoms with Gasteiger partial charge in [-0.3, -0.25) is 0 Å². The summed E-state index contributed by atoms with van der Waals surface area (Å²) in [6.45, 7) is 7.72. The van der Waals surface area contributed by atoms with Crippen molar-refractivity contribution in [1.29, 1.82) is 0 Å². The lowest BCUT2D eigenvalue weighted by Crippen LogP contribution is -2.35. The summed E-state index contributed by atoms with van der Waals surface area (Å²) in [6.07, 6.45) is 16.5. The highest BCUT2D eigenvalue weighted by molar-refractivity contribution is 5.22. The Morgan fingerprint density at radius 3 is 2.65 bits per heavy atom. The molecule has 0 unspecified atom stereocenters. The molecule has 0 aromatic carbocycles. The zero-order chi connectivity index (χ0) is 12.5. The average Bonchev–Trinajstić information content (AvgIpc) is 2.75. The van der Waals surface area contributed by atoms with E-state index in [2.05, 4.69) is 54.6 Å². The molecule has 17 heavy (non-hydrogen) atoms. The SMILES string of the molecule is CCCCCCC=Cn1cc[n+](CC)c1CC. The van der Waals surface area contributed by atoms with E-state index in [0.717, 1.165) is 13.0 Å². The molecule has 96 valence electrons. The van der Waals surface area contributed by atoms with Crippen molar-refractivity contribution in [2.45, 2.75) is 65.8 Å². The zero-order valence-corrected chi connectivity index (χ0v) is 11.7. The molecule has 2 nitrogen and oxygen atoms in total. The molecule has 0 fully saturated rings. The van der Waals surface area contributed by atoms with Gasteiger partial charge < -0.3 is 0 Å². The van der Waals surface area contributed by atoms with Crippen molar-refractivity contribution < 1.29 is 4.57 Å². The van der Waals surface area contributed by atoms with E-state index in [-0.39, 0.29) is 0 Å². The Morgan fingerprint density at radius 2 is 2.00 bits per heavy atom. The second-order valence-electron chi connectivity index (χ2n) is 4.50. The van der Waals surface area contributed by atoms with Crippen LogP contribution in [0.2, 0.25) is 0 Å². The Kier molecular flexibility index (Phi) is 6.68. The lowest BCUT2D eigenvalue weighted by Gasteiger charge is -1.97. The van der Waals surface area contributed by atoms with E-state index >= 15 is 0 Å². The molecule has 0 aliphatic heterocycles. The summed E-state index contributed by atoms with van der Waals surface area (Å²) in [5.41, 5.74) is 0. The number of aromatic nitrogens is 2. The van der Waals surface area contributed by atoms with Crippen molar-refractivity contribution in [2.75, 3.05) is 0 Å². The summed E-state index contributed by atoms with van der Waals surface area (Å²) in [6, 6.07) is 0. The molecule has 2 heteroatoms. The van der Waals surface area contributed by atoms with Crippen LogP contribution in [0.25, 0.3) is 6.20 Å². The number of hydrogen-bond donors (Lipinski definition) is 0. The zero-order valence-electron chi connectivity index (χ0n) is 11.7. The topological polar surface area (TPSA) is 8.81 Å². The van der Waals surface area contributed by atoms with E-state index in [9.17, 15) is 0 Å². The minimum absolute atomic E-state index is 1.06. The quantitative estimate of drug-likeness (QED) is 0.479. The number of rotatable bonds is 8. The molecule has 0 saturated heterocycles. The van der Waals surface area contributed by atoms with Crippen LogP contribution in [0.4, 0.5) is 0 Å². The van der Waals surface area contributed by atoms with E-state index in [4.69, 9.17) is 0 Å². The fourth-order valence-corrected chi connectivity index (χ4v) is 2.16. The van der Waals surface area contributed by atoms with E-state index in [1.165, 1.54) is 37.9 Å². The van der Waals surface area contributed by atoms with Gasteiger partial charge in [-0.05, 0) is 25.8 Å². The summed E-state index contributed by atoms with van der Waals surface area (Å²) >= 11 is 0. The number of aryl methyl sites for hydroxylation is 1. The first-order chi connectivity index (χ1) is 8.33. The molecule has 0 atom stereocenters. The van der Waals surface area contributed by atoms with Crippen LogP contribution < -0.4 is 4.57 Å². The van der Waals surface area contributed by atoms with Gasteiger partial charge in [-0.15, -0.1) is 0 Å². The number of hydrogen-bond acceptors (Lipinski definition) is 0. The largest absolute Gasteiger partial charge is 0.260 e. The van der Waals surface area contributed by atoms with Crippen LogP contribution in [0, 0.1) is 0 Å². The Bertz CT molecular complexity index is 337. The van der Waals surface area contributed by atoms with Crippen molar-refractivity contribution >= 4 is 6.20 Å². The fraction of sp³-hybridized carbons (Fsp3) is 0.667. The minimum Gasteiger partial charge on any atom is -0.234 e. The van der Waals surface area contributed by atoms with Gasteiger partial charge in [-0.2, -0.15) is 0 Å². The van der Waals surface area contributed by atoms with Gasteiger partial charge in [-0.25, -0.2) is 9.13 Å². The summed E-state index contributed by atoms with van der Waals surface area (Å²) < 4.78 is 4.56. The molecule has 0 bridgehead atoms.